The van der Waals surface area contributed by atoms with Crippen LogP contribution in [0.3, 0.4) is 0 Å². The molecule has 3 heteroatoms. The van der Waals surface area contributed by atoms with Crippen molar-refractivity contribution in [1.29, 1.82) is 0 Å². The lowest BCUT2D eigenvalue weighted by atomic mass is 9.97. The number of nitrogens with zero attached hydrogens (tertiary/aromatic N) is 1. The van der Waals surface area contributed by atoms with E-state index in [1.807, 2.05) is 61.7 Å². The van der Waals surface area contributed by atoms with Gasteiger partial charge in [-0.1, -0.05) is 30.3 Å². The average molecular weight is 279 g/mol. The molecule has 0 aliphatic rings. The molecule has 0 aliphatic carbocycles. The first-order valence-electron chi connectivity index (χ1n) is 7.03. The van der Waals surface area contributed by atoms with Crippen LogP contribution in [0.15, 0.2) is 60.9 Å². The fourth-order valence-corrected chi connectivity index (χ4v) is 2.51. The summed E-state index contributed by atoms with van der Waals surface area (Å²) >= 11 is 0. The summed E-state index contributed by atoms with van der Waals surface area (Å²) in [7, 11) is 0. The quantitative estimate of drug-likeness (QED) is 0.791. The van der Waals surface area contributed by atoms with Crippen LogP contribution in [0.1, 0.15) is 24.2 Å². The molecule has 0 bridgehead atoms. The van der Waals surface area contributed by atoms with E-state index in [1.54, 1.807) is 6.20 Å². The van der Waals surface area contributed by atoms with Gasteiger partial charge in [0, 0.05) is 17.8 Å². The van der Waals surface area contributed by atoms with Gasteiger partial charge >= 0.3 is 0 Å². The molecule has 106 valence electrons. The highest BCUT2D eigenvalue weighted by Gasteiger charge is 2.14. The molecule has 0 radical (unpaired) electrons. The van der Waals surface area contributed by atoms with E-state index in [4.69, 9.17) is 4.74 Å². The normalized spacial score (nSPS) is 12.3. The van der Waals surface area contributed by atoms with Gasteiger partial charge in [-0.05, 0) is 41.6 Å². The molecular formula is C18H17NO2. The monoisotopic (exact) mass is 279 g/mol. The largest absolute Gasteiger partial charge is 0.494 e. The molecule has 0 aliphatic heterocycles. The number of aliphatic hydroxyl groups excluding tert-OH is 1. The van der Waals surface area contributed by atoms with E-state index in [0.29, 0.717) is 6.61 Å². The summed E-state index contributed by atoms with van der Waals surface area (Å²) in [4.78, 5) is 4.12. The molecule has 1 N–H and O–H groups in total. The van der Waals surface area contributed by atoms with Crippen LogP contribution < -0.4 is 4.74 Å². The fourth-order valence-electron chi connectivity index (χ4n) is 2.51. The molecule has 1 unspecified atom stereocenters. The van der Waals surface area contributed by atoms with Gasteiger partial charge in [-0.3, -0.25) is 4.98 Å². The molecule has 2 aromatic carbocycles. The van der Waals surface area contributed by atoms with Gasteiger partial charge in [-0.2, -0.15) is 0 Å². The zero-order valence-corrected chi connectivity index (χ0v) is 11.9. The molecule has 0 saturated heterocycles. The number of rotatable bonds is 4. The summed E-state index contributed by atoms with van der Waals surface area (Å²) in [6.45, 7) is 2.56. The second-order valence-corrected chi connectivity index (χ2v) is 4.85. The van der Waals surface area contributed by atoms with Crippen molar-refractivity contribution in [2.24, 2.45) is 0 Å². The van der Waals surface area contributed by atoms with E-state index in [0.717, 1.165) is 27.6 Å². The number of aromatic nitrogens is 1. The second kappa shape index (κ2) is 5.94. The van der Waals surface area contributed by atoms with Crippen LogP contribution in [0.4, 0.5) is 0 Å². The molecule has 3 nitrogen and oxygen atoms in total. The van der Waals surface area contributed by atoms with Crippen molar-refractivity contribution in [3.63, 3.8) is 0 Å². The Bertz CT molecular complexity index is 750. The number of benzene rings is 2. The Morgan fingerprint density at radius 1 is 1.14 bits per heavy atom. The lowest BCUT2D eigenvalue weighted by molar-refractivity contribution is 0.221. The summed E-state index contributed by atoms with van der Waals surface area (Å²) in [6.07, 6.45) is 2.87. The van der Waals surface area contributed by atoms with E-state index >= 15 is 0 Å². The van der Waals surface area contributed by atoms with Gasteiger partial charge < -0.3 is 9.84 Å². The van der Waals surface area contributed by atoms with Gasteiger partial charge in [0.1, 0.15) is 11.9 Å². The Labute approximate surface area is 123 Å². The number of fused-ring (bicyclic) bond motifs is 1. The SMILES string of the molecule is CCOc1cccc(C(O)c2cccc3cnccc23)c1. The molecule has 0 amide bonds. The molecular weight excluding hydrogens is 262 g/mol. The van der Waals surface area contributed by atoms with Crippen molar-refractivity contribution < 1.29 is 9.84 Å². The standard InChI is InChI=1S/C18H17NO2/c1-2-21-15-7-3-5-13(11-15)18(20)17-8-4-6-14-12-19-10-9-16(14)17/h3-12,18,20H,2H2,1H3. The number of aliphatic hydroxyl groups is 1. The highest BCUT2D eigenvalue weighted by Crippen LogP contribution is 2.30. The van der Waals surface area contributed by atoms with Gasteiger partial charge in [-0.25, -0.2) is 0 Å². The summed E-state index contributed by atoms with van der Waals surface area (Å²) < 4.78 is 5.50. The van der Waals surface area contributed by atoms with E-state index in [1.165, 1.54) is 0 Å². The molecule has 0 fully saturated rings. The van der Waals surface area contributed by atoms with Crippen molar-refractivity contribution in [2.45, 2.75) is 13.0 Å². The summed E-state index contributed by atoms with van der Waals surface area (Å²) in [5.74, 6) is 0.774. The zero-order valence-electron chi connectivity index (χ0n) is 11.9. The van der Waals surface area contributed by atoms with Crippen LogP contribution >= 0.6 is 0 Å². The highest BCUT2D eigenvalue weighted by molar-refractivity contribution is 5.85. The summed E-state index contributed by atoms with van der Waals surface area (Å²) in [6, 6.07) is 15.4. The molecule has 0 saturated carbocycles. The van der Waals surface area contributed by atoms with Crippen LogP contribution in [0.2, 0.25) is 0 Å². The van der Waals surface area contributed by atoms with E-state index < -0.39 is 6.10 Å². The van der Waals surface area contributed by atoms with Crippen molar-refractivity contribution >= 4 is 10.8 Å². The Morgan fingerprint density at radius 2 is 2.00 bits per heavy atom. The van der Waals surface area contributed by atoms with Gasteiger partial charge in [0.25, 0.3) is 0 Å². The number of ether oxygens (including phenoxy) is 1. The van der Waals surface area contributed by atoms with Crippen LogP contribution in [0.5, 0.6) is 5.75 Å². The molecule has 1 heterocycles. The lowest BCUT2D eigenvalue weighted by Gasteiger charge is -2.15. The maximum atomic E-state index is 10.7. The Morgan fingerprint density at radius 3 is 2.86 bits per heavy atom. The van der Waals surface area contributed by atoms with Crippen molar-refractivity contribution in [2.75, 3.05) is 6.61 Å². The highest BCUT2D eigenvalue weighted by atomic mass is 16.5. The van der Waals surface area contributed by atoms with Crippen LogP contribution in [0, 0.1) is 0 Å². The molecule has 1 atom stereocenters. The average Bonchev–Trinajstić information content (AvgIpc) is 2.54. The Hall–Kier alpha value is -2.39. The molecule has 3 aromatic rings. The van der Waals surface area contributed by atoms with Gasteiger partial charge in [0.2, 0.25) is 0 Å². The second-order valence-electron chi connectivity index (χ2n) is 4.85. The van der Waals surface area contributed by atoms with E-state index in [2.05, 4.69) is 4.98 Å². The smallest absolute Gasteiger partial charge is 0.119 e. The van der Waals surface area contributed by atoms with Gasteiger partial charge in [0.05, 0.1) is 6.61 Å². The summed E-state index contributed by atoms with van der Waals surface area (Å²) in [5, 5.41) is 12.7. The molecule has 0 spiro atoms. The minimum Gasteiger partial charge on any atom is -0.494 e. The van der Waals surface area contributed by atoms with E-state index in [-0.39, 0.29) is 0 Å². The summed E-state index contributed by atoms with van der Waals surface area (Å²) in [5.41, 5.74) is 1.70. The fraction of sp³-hybridized carbons (Fsp3) is 0.167. The number of hydrogen-bond acceptors (Lipinski definition) is 3. The predicted octanol–water partition coefficient (Wildman–Crippen LogP) is 3.72. The van der Waals surface area contributed by atoms with Crippen molar-refractivity contribution in [1.82, 2.24) is 4.98 Å². The van der Waals surface area contributed by atoms with Gasteiger partial charge in [0.15, 0.2) is 0 Å². The minimum atomic E-state index is -0.684. The first-order chi connectivity index (χ1) is 10.3. The third-order valence-electron chi connectivity index (χ3n) is 3.49. The zero-order chi connectivity index (χ0) is 14.7. The first-order valence-corrected chi connectivity index (χ1v) is 7.03. The third kappa shape index (κ3) is 2.73. The maximum Gasteiger partial charge on any atom is 0.119 e. The number of hydrogen-bond donors (Lipinski definition) is 1. The van der Waals surface area contributed by atoms with Gasteiger partial charge in [-0.15, -0.1) is 0 Å². The van der Waals surface area contributed by atoms with Crippen LogP contribution in [-0.2, 0) is 0 Å². The number of pyridine rings is 1. The van der Waals surface area contributed by atoms with Crippen LogP contribution in [-0.4, -0.2) is 16.7 Å². The molecule has 1 aromatic heterocycles. The van der Waals surface area contributed by atoms with Crippen molar-refractivity contribution in [3.8, 4) is 5.75 Å². The predicted molar refractivity (Wildman–Crippen MR) is 83.4 cm³/mol. The van der Waals surface area contributed by atoms with E-state index in [9.17, 15) is 5.11 Å². The lowest BCUT2D eigenvalue weighted by Crippen LogP contribution is -2.01. The Kier molecular flexibility index (Phi) is 3.84. The Balaban J connectivity index is 2.04. The molecule has 21 heavy (non-hydrogen) atoms. The molecule has 3 rings (SSSR count). The topological polar surface area (TPSA) is 42.4 Å². The van der Waals surface area contributed by atoms with Crippen molar-refractivity contribution in [3.05, 3.63) is 72.1 Å². The minimum absolute atomic E-state index is 0.611. The third-order valence-corrected chi connectivity index (χ3v) is 3.49. The van der Waals surface area contributed by atoms with Crippen LogP contribution in [0.25, 0.3) is 10.8 Å². The maximum absolute atomic E-state index is 10.7. The first kappa shape index (κ1) is 13.6.